The van der Waals surface area contributed by atoms with E-state index in [4.69, 9.17) is 0 Å². The highest BCUT2D eigenvalue weighted by atomic mass is 32.2. The van der Waals surface area contributed by atoms with Crippen molar-refractivity contribution in [3.63, 3.8) is 0 Å². The van der Waals surface area contributed by atoms with Gasteiger partial charge in [-0.1, -0.05) is 0 Å². The molecule has 78 valence electrons. The Kier molecular flexibility index (Phi) is 2.99. The third-order valence-electron chi connectivity index (χ3n) is 1.84. The van der Waals surface area contributed by atoms with Crippen LogP contribution in [0.5, 0.6) is 0 Å². The van der Waals surface area contributed by atoms with E-state index in [1.54, 1.807) is 0 Å². The van der Waals surface area contributed by atoms with Gasteiger partial charge in [-0.05, 0) is 40.2 Å². The minimum atomic E-state index is -3.18. The summed E-state index contributed by atoms with van der Waals surface area (Å²) < 4.78 is 26.0. The zero-order valence-electron chi connectivity index (χ0n) is 8.42. The van der Waals surface area contributed by atoms with E-state index < -0.39 is 15.4 Å². The molecule has 1 aliphatic heterocycles. The van der Waals surface area contributed by atoms with Crippen LogP contribution >= 0.6 is 0 Å². The van der Waals surface area contributed by atoms with Crippen LogP contribution in [0.25, 0.3) is 0 Å². The number of rotatable bonds is 2. The topological polar surface area (TPSA) is 58.2 Å². The Bertz CT molecular complexity index is 260. The fourth-order valence-corrected chi connectivity index (χ4v) is 3.23. The molecule has 1 saturated heterocycles. The number of nitrogens with one attached hydrogen (secondary N) is 2. The van der Waals surface area contributed by atoms with Crippen molar-refractivity contribution >= 4 is 10.0 Å². The molecule has 0 spiro atoms. The second-order valence-corrected chi connectivity index (χ2v) is 6.35. The molecule has 0 aliphatic carbocycles. The van der Waals surface area contributed by atoms with Crippen LogP contribution in [-0.2, 0) is 10.0 Å². The van der Waals surface area contributed by atoms with Crippen molar-refractivity contribution in [2.75, 3.05) is 6.54 Å². The standard InChI is InChI=1S/C8H18N2O2S/c1-8(2,3)10-13(11,12)7-5-4-6-9-7/h7,9-10H,4-6H2,1-3H3/t7-/m0/s1. The first-order valence-electron chi connectivity index (χ1n) is 4.57. The van der Waals surface area contributed by atoms with Crippen molar-refractivity contribution in [3.05, 3.63) is 0 Å². The largest absolute Gasteiger partial charge is 0.300 e. The first-order chi connectivity index (χ1) is 5.81. The van der Waals surface area contributed by atoms with Crippen molar-refractivity contribution in [3.8, 4) is 0 Å². The van der Waals surface area contributed by atoms with Crippen LogP contribution in [-0.4, -0.2) is 25.9 Å². The molecule has 0 radical (unpaired) electrons. The minimum absolute atomic E-state index is 0.386. The molecule has 1 fully saturated rings. The van der Waals surface area contributed by atoms with Gasteiger partial charge in [0.15, 0.2) is 0 Å². The van der Waals surface area contributed by atoms with Crippen molar-refractivity contribution < 1.29 is 8.42 Å². The Labute approximate surface area is 80.1 Å². The molecule has 2 N–H and O–H groups in total. The van der Waals surface area contributed by atoms with Crippen LogP contribution in [0.15, 0.2) is 0 Å². The summed E-state index contributed by atoms with van der Waals surface area (Å²) in [6, 6.07) is 0. The Hall–Kier alpha value is -0.130. The number of hydrogen-bond acceptors (Lipinski definition) is 3. The fourth-order valence-electron chi connectivity index (χ4n) is 1.42. The van der Waals surface area contributed by atoms with E-state index in [2.05, 4.69) is 10.0 Å². The molecule has 0 saturated carbocycles. The Balaban J connectivity index is 2.66. The van der Waals surface area contributed by atoms with Crippen LogP contribution in [0, 0.1) is 0 Å². The van der Waals surface area contributed by atoms with Gasteiger partial charge in [0.25, 0.3) is 0 Å². The zero-order chi connectivity index (χ0) is 10.1. The van der Waals surface area contributed by atoms with Crippen molar-refractivity contribution in [1.29, 1.82) is 0 Å². The first kappa shape index (κ1) is 10.9. The third-order valence-corrected chi connectivity index (χ3v) is 3.89. The third kappa shape index (κ3) is 3.25. The molecule has 1 aliphatic rings. The molecule has 1 rings (SSSR count). The first-order valence-corrected chi connectivity index (χ1v) is 6.12. The average Bonchev–Trinajstić information content (AvgIpc) is 2.29. The monoisotopic (exact) mass is 206 g/mol. The molecule has 0 aromatic carbocycles. The predicted octanol–water partition coefficient (Wildman–Crippen LogP) is 0.414. The molecule has 0 bridgehead atoms. The maximum Gasteiger partial charge on any atom is 0.228 e. The normalized spacial score (nSPS) is 25.0. The molecule has 0 amide bonds. The van der Waals surface area contributed by atoms with Gasteiger partial charge in [-0.15, -0.1) is 0 Å². The van der Waals surface area contributed by atoms with Crippen molar-refractivity contribution in [2.24, 2.45) is 0 Å². The van der Waals surface area contributed by atoms with Crippen LogP contribution in [0.3, 0.4) is 0 Å². The molecule has 0 aromatic rings. The Morgan fingerprint density at radius 3 is 2.38 bits per heavy atom. The minimum Gasteiger partial charge on any atom is -0.300 e. The van der Waals surface area contributed by atoms with Gasteiger partial charge in [0.1, 0.15) is 5.37 Å². The van der Waals surface area contributed by atoms with Gasteiger partial charge >= 0.3 is 0 Å². The summed E-state index contributed by atoms with van der Waals surface area (Å²) in [7, 11) is -3.18. The van der Waals surface area contributed by atoms with Crippen LogP contribution in [0.1, 0.15) is 33.6 Å². The van der Waals surface area contributed by atoms with Crippen molar-refractivity contribution in [1.82, 2.24) is 10.0 Å². The lowest BCUT2D eigenvalue weighted by Crippen LogP contribution is -2.48. The lowest BCUT2D eigenvalue weighted by Gasteiger charge is -2.23. The summed E-state index contributed by atoms with van der Waals surface area (Å²) >= 11 is 0. The SMILES string of the molecule is CC(C)(C)NS(=O)(=O)[C@H]1CCCN1. The highest BCUT2D eigenvalue weighted by molar-refractivity contribution is 7.90. The smallest absolute Gasteiger partial charge is 0.228 e. The summed E-state index contributed by atoms with van der Waals surface area (Å²) in [5.74, 6) is 0. The number of sulfonamides is 1. The summed E-state index contributed by atoms with van der Waals surface area (Å²) in [5.41, 5.74) is -0.386. The second-order valence-electron chi connectivity index (χ2n) is 4.48. The highest BCUT2D eigenvalue weighted by Crippen LogP contribution is 2.13. The van der Waals surface area contributed by atoms with E-state index in [0.717, 1.165) is 13.0 Å². The second kappa shape index (κ2) is 3.55. The van der Waals surface area contributed by atoms with Crippen LogP contribution < -0.4 is 10.0 Å². The maximum absolute atomic E-state index is 11.7. The lowest BCUT2D eigenvalue weighted by atomic mass is 10.1. The Morgan fingerprint density at radius 1 is 1.38 bits per heavy atom. The summed E-state index contributed by atoms with van der Waals surface area (Å²) in [4.78, 5) is 0. The van der Waals surface area contributed by atoms with Gasteiger partial charge in [0.05, 0.1) is 0 Å². The summed E-state index contributed by atoms with van der Waals surface area (Å²) in [5, 5.41) is 2.57. The molecule has 0 aromatic heterocycles. The van der Waals surface area contributed by atoms with E-state index in [-0.39, 0.29) is 5.54 Å². The van der Waals surface area contributed by atoms with Gasteiger partial charge < -0.3 is 5.32 Å². The quantitative estimate of drug-likeness (QED) is 0.688. The predicted molar refractivity (Wildman–Crippen MR) is 52.8 cm³/mol. The van der Waals surface area contributed by atoms with Crippen molar-refractivity contribution in [2.45, 2.75) is 44.5 Å². The molecule has 5 heteroatoms. The van der Waals surface area contributed by atoms with Gasteiger partial charge in [0, 0.05) is 5.54 Å². The maximum atomic E-state index is 11.7. The highest BCUT2D eigenvalue weighted by Gasteiger charge is 2.31. The van der Waals surface area contributed by atoms with E-state index in [0.29, 0.717) is 6.42 Å². The molecular weight excluding hydrogens is 188 g/mol. The van der Waals surface area contributed by atoms with Crippen LogP contribution in [0.2, 0.25) is 0 Å². The fraction of sp³-hybridized carbons (Fsp3) is 1.00. The Morgan fingerprint density at radius 2 is 2.00 bits per heavy atom. The molecule has 0 unspecified atom stereocenters. The van der Waals surface area contributed by atoms with E-state index >= 15 is 0 Å². The van der Waals surface area contributed by atoms with Gasteiger partial charge in [-0.2, -0.15) is 0 Å². The number of hydrogen-bond donors (Lipinski definition) is 2. The van der Waals surface area contributed by atoms with E-state index in [1.165, 1.54) is 0 Å². The summed E-state index contributed by atoms with van der Waals surface area (Å²) in [6.07, 6.45) is 1.65. The van der Waals surface area contributed by atoms with E-state index in [1.807, 2.05) is 20.8 Å². The lowest BCUT2D eigenvalue weighted by molar-refractivity contribution is 0.480. The molecule has 1 heterocycles. The van der Waals surface area contributed by atoms with E-state index in [9.17, 15) is 8.42 Å². The summed E-state index contributed by atoms with van der Waals surface area (Å²) in [6.45, 7) is 6.34. The van der Waals surface area contributed by atoms with Gasteiger partial charge in [-0.3, -0.25) is 0 Å². The van der Waals surface area contributed by atoms with Gasteiger partial charge in [-0.25, -0.2) is 13.1 Å². The zero-order valence-corrected chi connectivity index (χ0v) is 9.24. The van der Waals surface area contributed by atoms with Crippen LogP contribution in [0.4, 0.5) is 0 Å². The van der Waals surface area contributed by atoms with Gasteiger partial charge in [0.2, 0.25) is 10.0 Å². The average molecular weight is 206 g/mol. The molecule has 4 nitrogen and oxygen atoms in total. The molecule has 13 heavy (non-hydrogen) atoms. The molecule has 1 atom stereocenters. The molecular formula is C8H18N2O2S.